The van der Waals surface area contributed by atoms with Crippen LogP contribution in [0.4, 0.5) is 4.39 Å². The second-order valence-corrected chi connectivity index (χ2v) is 4.17. The molecule has 0 aliphatic carbocycles. The molecule has 0 saturated carbocycles. The van der Waals surface area contributed by atoms with E-state index in [1.54, 1.807) is 45.2 Å². The Hall–Kier alpha value is 1.39. The molecule has 0 heterocycles. The van der Waals surface area contributed by atoms with E-state index in [4.69, 9.17) is 0 Å². The third-order valence-electron chi connectivity index (χ3n) is 0. The summed E-state index contributed by atoms with van der Waals surface area (Å²) in [5.41, 5.74) is 0. The maximum atomic E-state index is 10.9. The average molecular weight is 285 g/mol. The standard InChI is InChI=1S/CFI2/c2-1(3)4. The minimum Gasteiger partial charge on any atom is -0.215 e. The zero-order valence-electron chi connectivity index (χ0n) is 1.63. The van der Waals surface area contributed by atoms with Crippen molar-refractivity contribution in [2.45, 2.75) is 0 Å². The first kappa shape index (κ1) is 5.39. The van der Waals surface area contributed by atoms with Crippen molar-refractivity contribution < 1.29 is 4.39 Å². The third kappa shape index (κ3) is 10.0. The van der Waals surface area contributed by atoms with Crippen molar-refractivity contribution in [2.75, 3.05) is 0 Å². The van der Waals surface area contributed by atoms with Crippen molar-refractivity contribution in [1.82, 2.24) is 0 Å². The average Bonchev–Trinajstić information content (AvgIpc) is 0.811. The fourth-order valence-electron chi connectivity index (χ4n) is 0. The van der Waals surface area contributed by atoms with Crippen LogP contribution in [0.15, 0.2) is 0 Å². The minimum atomic E-state index is -0.143. The highest BCUT2D eigenvalue weighted by atomic mass is 127. The lowest BCUT2D eigenvalue weighted by atomic mass is 11.9. The van der Waals surface area contributed by atoms with Crippen molar-refractivity contribution in [3.63, 3.8) is 0 Å². The second-order valence-electron chi connectivity index (χ2n) is 0.214. The van der Waals surface area contributed by atoms with Gasteiger partial charge in [-0.1, -0.05) is 0 Å². The first-order valence-electron chi connectivity index (χ1n) is 0.567. The molecule has 0 aliphatic heterocycles. The van der Waals surface area contributed by atoms with Gasteiger partial charge in [-0.3, -0.25) is 0 Å². The molecule has 4 heavy (non-hydrogen) atoms. The Morgan fingerprint density at radius 2 is 1.50 bits per heavy atom. The molecule has 3 heteroatoms. The van der Waals surface area contributed by atoms with E-state index < -0.39 is 0 Å². The van der Waals surface area contributed by atoms with Gasteiger partial charge >= 0.3 is 0 Å². The molecule has 0 aromatic heterocycles. The van der Waals surface area contributed by atoms with Crippen LogP contribution in [0.3, 0.4) is 0 Å². The summed E-state index contributed by atoms with van der Waals surface area (Å²) in [6.07, 6.45) is 0. The molecule has 0 aromatic rings. The van der Waals surface area contributed by atoms with Crippen molar-refractivity contribution >= 4 is 45.2 Å². The highest BCUT2D eigenvalue weighted by Gasteiger charge is 1.83. The van der Waals surface area contributed by atoms with Crippen LogP contribution < -0.4 is 0 Å². The molecular weight excluding hydrogens is 285 g/mol. The van der Waals surface area contributed by atoms with E-state index >= 15 is 0 Å². The lowest BCUT2D eigenvalue weighted by Crippen LogP contribution is -1.37. The van der Waals surface area contributed by atoms with Gasteiger partial charge in [0.15, 0.2) is 0 Å². The highest BCUT2D eigenvalue weighted by molar-refractivity contribution is 14.2. The van der Waals surface area contributed by atoms with Gasteiger partial charge in [0.25, 0.3) is 2.19 Å². The van der Waals surface area contributed by atoms with E-state index in [0.717, 1.165) is 0 Å². The molecule has 0 N–H and O–H groups in total. The summed E-state index contributed by atoms with van der Waals surface area (Å²) in [7, 11) is 0. The predicted molar refractivity (Wildman–Crippen MR) is 32.4 cm³/mol. The van der Waals surface area contributed by atoms with Gasteiger partial charge in [-0.15, -0.1) is 0 Å². The predicted octanol–water partition coefficient (Wildman–Crippen LogP) is 2.27. The zero-order chi connectivity index (χ0) is 3.58. The monoisotopic (exact) mass is 285 g/mol. The van der Waals surface area contributed by atoms with E-state index in [1.807, 2.05) is 0 Å². The zero-order valence-corrected chi connectivity index (χ0v) is 5.95. The number of hydrogen-bond donors (Lipinski definition) is 0. The molecule has 25 valence electrons. The van der Waals surface area contributed by atoms with Crippen LogP contribution in [-0.4, -0.2) is 0 Å². The number of rotatable bonds is 0. The molecule has 0 fully saturated rings. The molecule has 0 amide bonds. The molecule has 0 aliphatic rings. The maximum Gasteiger partial charge on any atom is 0.262 e. The molecule has 0 rings (SSSR count). The highest BCUT2D eigenvalue weighted by Crippen LogP contribution is 2.19. The molecule has 0 aromatic carbocycles. The Morgan fingerprint density at radius 3 is 1.50 bits per heavy atom. The van der Waals surface area contributed by atoms with Crippen molar-refractivity contribution in [3.05, 3.63) is 2.19 Å². The van der Waals surface area contributed by atoms with E-state index in [9.17, 15) is 4.39 Å². The molecule has 0 saturated heterocycles. The van der Waals surface area contributed by atoms with Gasteiger partial charge in [-0.05, 0) is 45.2 Å². The summed E-state index contributed by atoms with van der Waals surface area (Å²) in [5.74, 6) is 0. The van der Waals surface area contributed by atoms with Gasteiger partial charge in [0.1, 0.15) is 0 Å². The van der Waals surface area contributed by atoms with Gasteiger partial charge < -0.3 is 0 Å². The minimum absolute atomic E-state index is 0.143. The molecule has 0 spiro atoms. The molecule has 0 atom stereocenters. The fraction of sp³-hybridized carbons (Fsp3) is 0. The Balaban J connectivity index is 2.32. The van der Waals surface area contributed by atoms with E-state index in [2.05, 4.69) is 0 Å². The second kappa shape index (κ2) is 2.62. The van der Waals surface area contributed by atoms with Crippen LogP contribution >= 0.6 is 45.2 Å². The van der Waals surface area contributed by atoms with Gasteiger partial charge in [0.2, 0.25) is 0 Å². The topological polar surface area (TPSA) is 0 Å². The van der Waals surface area contributed by atoms with Gasteiger partial charge in [-0.2, -0.15) is 0 Å². The van der Waals surface area contributed by atoms with Gasteiger partial charge in [0, 0.05) is 0 Å². The van der Waals surface area contributed by atoms with Crippen LogP contribution in [0.5, 0.6) is 0 Å². The van der Waals surface area contributed by atoms with E-state index in [0.29, 0.717) is 0 Å². The van der Waals surface area contributed by atoms with Gasteiger partial charge in [-0.25, -0.2) is 4.39 Å². The molecular formula is CFI2. The van der Waals surface area contributed by atoms with Crippen LogP contribution in [0.25, 0.3) is 0 Å². The van der Waals surface area contributed by atoms with E-state index in [-0.39, 0.29) is 2.19 Å². The smallest absolute Gasteiger partial charge is 0.215 e. The summed E-state index contributed by atoms with van der Waals surface area (Å²) in [4.78, 5) is 0. The molecule has 0 bridgehead atoms. The third-order valence-corrected chi connectivity index (χ3v) is 0. The SMILES string of the molecule is F[C](I)I. The van der Waals surface area contributed by atoms with Crippen LogP contribution in [0, 0.1) is 2.19 Å². The maximum absolute atomic E-state index is 10.9. The van der Waals surface area contributed by atoms with Crippen molar-refractivity contribution in [3.8, 4) is 0 Å². The van der Waals surface area contributed by atoms with Crippen molar-refractivity contribution in [2.24, 2.45) is 0 Å². The molecule has 0 unspecified atom stereocenters. The van der Waals surface area contributed by atoms with E-state index in [1.165, 1.54) is 0 Å². The lowest BCUT2D eigenvalue weighted by Gasteiger charge is -1.66. The Labute approximate surface area is 51.4 Å². The summed E-state index contributed by atoms with van der Waals surface area (Å²) >= 11 is 3.16. The lowest BCUT2D eigenvalue weighted by molar-refractivity contribution is 0.692. The van der Waals surface area contributed by atoms with Crippen molar-refractivity contribution in [1.29, 1.82) is 0 Å². The van der Waals surface area contributed by atoms with Gasteiger partial charge in [0.05, 0.1) is 0 Å². The Bertz CT molecular complexity index is 10.8. The molecule has 1 radical (unpaired) electrons. The largest absolute Gasteiger partial charge is 0.262 e. The summed E-state index contributed by atoms with van der Waals surface area (Å²) in [5, 5.41) is 0. The molecule has 0 nitrogen and oxygen atoms in total. The quantitative estimate of drug-likeness (QED) is 0.599. The van der Waals surface area contributed by atoms with Crippen LogP contribution in [0.1, 0.15) is 0 Å². The van der Waals surface area contributed by atoms with Crippen LogP contribution in [-0.2, 0) is 0 Å². The first-order chi connectivity index (χ1) is 1.73. The number of hydrogen-bond acceptors (Lipinski definition) is 0. The Morgan fingerprint density at radius 1 is 1.50 bits per heavy atom. The normalized spacial score (nSPS) is 9.00. The first-order valence-corrected chi connectivity index (χ1v) is 2.72. The summed E-state index contributed by atoms with van der Waals surface area (Å²) in [6.45, 7) is 0. The van der Waals surface area contributed by atoms with Crippen LogP contribution in [0.2, 0.25) is 0 Å². The summed E-state index contributed by atoms with van der Waals surface area (Å²) < 4.78 is 10.7. The fourth-order valence-corrected chi connectivity index (χ4v) is 0. The number of halogens is 3. The summed E-state index contributed by atoms with van der Waals surface area (Å²) in [6, 6.07) is 0. The Kier molecular flexibility index (Phi) is 3.53.